The Labute approximate surface area is 122 Å². The second kappa shape index (κ2) is 5.96. The van der Waals surface area contributed by atoms with E-state index >= 15 is 0 Å². The number of hydrogen-bond donors (Lipinski definition) is 1. The smallest absolute Gasteiger partial charge is 0.289 e. The van der Waals surface area contributed by atoms with Gasteiger partial charge in [0.15, 0.2) is 4.90 Å². The molecule has 116 valence electrons. The van der Waals surface area contributed by atoms with Crippen LogP contribution in [0.4, 0.5) is 11.4 Å². The Kier molecular flexibility index (Phi) is 4.45. The summed E-state index contributed by atoms with van der Waals surface area (Å²) in [5, 5.41) is 11.0. The molecule has 2 rings (SSSR count). The van der Waals surface area contributed by atoms with Crippen molar-refractivity contribution in [3.63, 3.8) is 0 Å². The van der Waals surface area contributed by atoms with Crippen LogP contribution in [-0.4, -0.2) is 43.9 Å². The molecule has 0 aliphatic carbocycles. The average molecular weight is 315 g/mol. The van der Waals surface area contributed by atoms with Gasteiger partial charge in [0.1, 0.15) is 0 Å². The van der Waals surface area contributed by atoms with E-state index in [1.165, 1.54) is 10.4 Å². The summed E-state index contributed by atoms with van der Waals surface area (Å²) in [7, 11) is -2.35. The third-order valence-corrected chi connectivity index (χ3v) is 5.46. The Morgan fingerprint density at radius 1 is 1.38 bits per heavy atom. The van der Waals surface area contributed by atoms with Crippen LogP contribution in [0.15, 0.2) is 23.1 Å². The lowest BCUT2D eigenvalue weighted by Gasteiger charge is -2.30. The van der Waals surface area contributed by atoms with Crippen LogP contribution in [0.25, 0.3) is 0 Å². The lowest BCUT2D eigenvalue weighted by molar-refractivity contribution is -0.387. The van der Waals surface area contributed by atoms with Crippen LogP contribution in [0, 0.1) is 10.1 Å². The number of methoxy groups -OCH3 is 1. The minimum absolute atomic E-state index is 0.0206. The molecule has 21 heavy (non-hydrogen) atoms. The highest BCUT2D eigenvalue weighted by Crippen LogP contribution is 2.30. The van der Waals surface area contributed by atoms with Gasteiger partial charge in [0, 0.05) is 32.0 Å². The maximum atomic E-state index is 12.6. The Bertz CT molecular complexity index is 638. The first kappa shape index (κ1) is 15.7. The molecule has 1 fully saturated rings. The summed E-state index contributed by atoms with van der Waals surface area (Å²) in [5.74, 6) is 0. The molecule has 2 N–H and O–H groups in total. The van der Waals surface area contributed by atoms with Crippen molar-refractivity contribution in [3.8, 4) is 0 Å². The first-order valence-corrected chi connectivity index (χ1v) is 7.87. The minimum atomic E-state index is -3.94. The number of anilines is 1. The third-order valence-electron chi connectivity index (χ3n) is 3.53. The predicted molar refractivity (Wildman–Crippen MR) is 76.3 cm³/mol. The van der Waals surface area contributed by atoms with E-state index in [2.05, 4.69) is 0 Å². The van der Waals surface area contributed by atoms with Gasteiger partial charge in [-0.05, 0) is 25.0 Å². The van der Waals surface area contributed by atoms with E-state index in [9.17, 15) is 18.5 Å². The van der Waals surface area contributed by atoms with Gasteiger partial charge in [0.05, 0.1) is 11.0 Å². The van der Waals surface area contributed by atoms with Gasteiger partial charge in [0.2, 0.25) is 10.0 Å². The Morgan fingerprint density at radius 3 is 2.52 bits per heavy atom. The fourth-order valence-electron chi connectivity index (χ4n) is 2.34. The van der Waals surface area contributed by atoms with Crippen molar-refractivity contribution >= 4 is 21.4 Å². The van der Waals surface area contributed by atoms with E-state index in [1.807, 2.05) is 0 Å². The molecule has 9 heteroatoms. The normalized spacial score (nSPS) is 17.8. The van der Waals surface area contributed by atoms with Crippen LogP contribution in [-0.2, 0) is 14.8 Å². The quantitative estimate of drug-likeness (QED) is 0.503. The summed E-state index contributed by atoms with van der Waals surface area (Å²) >= 11 is 0. The zero-order valence-electron chi connectivity index (χ0n) is 11.6. The molecule has 1 aromatic carbocycles. The Hall–Kier alpha value is -1.71. The second-order valence-electron chi connectivity index (χ2n) is 4.82. The van der Waals surface area contributed by atoms with Gasteiger partial charge in [-0.3, -0.25) is 10.1 Å². The van der Waals surface area contributed by atoms with Crippen molar-refractivity contribution in [1.29, 1.82) is 0 Å². The molecule has 0 spiro atoms. The first-order valence-electron chi connectivity index (χ1n) is 6.43. The van der Waals surface area contributed by atoms with Gasteiger partial charge < -0.3 is 10.5 Å². The Morgan fingerprint density at radius 2 is 2.00 bits per heavy atom. The molecule has 0 saturated carbocycles. The largest absolute Gasteiger partial charge is 0.399 e. The summed E-state index contributed by atoms with van der Waals surface area (Å²) < 4.78 is 31.6. The SMILES string of the molecule is COC1CCN(S(=O)(=O)c2cc(N)ccc2[N+](=O)[O-])CC1. The van der Waals surface area contributed by atoms with Crippen LogP contribution in [0.3, 0.4) is 0 Å². The van der Waals surface area contributed by atoms with Crippen molar-refractivity contribution in [2.75, 3.05) is 25.9 Å². The second-order valence-corrected chi connectivity index (χ2v) is 6.73. The van der Waals surface area contributed by atoms with Gasteiger partial charge in [-0.2, -0.15) is 4.31 Å². The molecule has 0 bridgehead atoms. The molecule has 1 aliphatic heterocycles. The topological polar surface area (TPSA) is 116 Å². The van der Waals surface area contributed by atoms with E-state index in [0.717, 1.165) is 12.1 Å². The monoisotopic (exact) mass is 315 g/mol. The zero-order valence-corrected chi connectivity index (χ0v) is 12.4. The highest BCUT2D eigenvalue weighted by Gasteiger charge is 2.34. The molecule has 1 aromatic rings. The number of nitrogens with zero attached hydrogens (tertiary/aromatic N) is 2. The molecule has 0 aromatic heterocycles. The fraction of sp³-hybridized carbons (Fsp3) is 0.500. The van der Waals surface area contributed by atoms with E-state index < -0.39 is 20.6 Å². The molecule has 0 radical (unpaired) electrons. The van der Waals surface area contributed by atoms with Gasteiger partial charge >= 0.3 is 0 Å². The van der Waals surface area contributed by atoms with Crippen LogP contribution in [0.5, 0.6) is 0 Å². The van der Waals surface area contributed by atoms with E-state index in [4.69, 9.17) is 10.5 Å². The fourth-order valence-corrected chi connectivity index (χ4v) is 4.00. The van der Waals surface area contributed by atoms with Crippen molar-refractivity contribution in [1.82, 2.24) is 4.31 Å². The first-order chi connectivity index (χ1) is 9.86. The minimum Gasteiger partial charge on any atom is -0.399 e. The third kappa shape index (κ3) is 3.14. The number of sulfonamides is 1. The van der Waals surface area contributed by atoms with Crippen molar-refractivity contribution in [2.24, 2.45) is 0 Å². The molecule has 1 aliphatic rings. The molecule has 0 unspecified atom stereocenters. The molecule has 1 heterocycles. The van der Waals surface area contributed by atoms with E-state index in [-0.39, 0.29) is 29.8 Å². The van der Waals surface area contributed by atoms with Gasteiger partial charge in [0.25, 0.3) is 5.69 Å². The van der Waals surface area contributed by atoms with Gasteiger partial charge in [-0.15, -0.1) is 0 Å². The number of hydrogen-bond acceptors (Lipinski definition) is 6. The maximum absolute atomic E-state index is 12.6. The molecule has 0 amide bonds. The molecule has 8 nitrogen and oxygen atoms in total. The molecular formula is C12H17N3O5S. The number of piperidine rings is 1. The molecule has 1 saturated heterocycles. The predicted octanol–water partition coefficient (Wildman–Crippen LogP) is 0.977. The molecule has 0 atom stereocenters. The zero-order chi connectivity index (χ0) is 15.6. The van der Waals surface area contributed by atoms with Crippen LogP contribution >= 0.6 is 0 Å². The molecular weight excluding hydrogens is 298 g/mol. The lowest BCUT2D eigenvalue weighted by Crippen LogP contribution is -2.40. The highest BCUT2D eigenvalue weighted by atomic mass is 32.2. The number of ether oxygens (including phenoxy) is 1. The van der Waals surface area contributed by atoms with Crippen molar-refractivity contribution in [2.45, 2.75) is 23.8 Å². The summed E-state index contributed by atoms with van der Waals surface area (Å²) in [6, 6.07) is 3.56. The van der Waals surface area contributed by atoms with E-state index in [0.29, 0.717) is 12.8 Å². The number of nitro benzene ring substituents is 1. The summed E-state index contributed by atoms with van der Waals surface area (Å²) in [6.07, 6.45) is 1.14. The van der Waals surface area contributed by atoms with Crippen LogP contribution < -0.4 is 5.73 Å². The van der Waals surface area contributed by atoms with Crippen molar-refractivity contribution in [3.05, 3.63) is 28.3 Å². The van der Waals surface area contributed by atoms with Gasteiger partial charge in [-0.1, -0.05) is 0 Å². The summed E-state index contributed by atoms with van der Waals surface area (Å²) in [4.78, 5) is 9.95. The van der Waals surface area contributed by atoms with Gasteiger partial charge in [-0.25, -0.2) is 8.42 Å². The standard InChI is InChI=1S/C12H17N3O5S/c1-20-10-4-6-14(7-5-10)21(18,19)12-8-9(13)2-3-11(12)15(16)17/h2-3,8,10H,4-7,13H2,1H3. The van der Waals surface area contributed by atoms with E-state index in [1.54, 1.807) is 7.11 Å². The maximum Gasteiger partial charge on any atom is 0.289 e. The number of nitrogens with two attached hydrogens (primary N) is 1. The number of benzene rings is 1. The number of nitro groups is 1. The number of rotatable bonds is 4. The lowest BCUT2D eigenvalue weighted by atomic mass is 10.1. The van der Waals surface area contributed by atoms with Crippen molar-refractivity contribution < 1.29 is 18.1 Å². The van der Waals surface area contributed by atoms with Crippen LogP contribution in [0.1, 0.15) is 12.8 Å². The summed E-state index contributed by atoms with van der Waals surface area (Å²) in [5.41, 5.74) is 5.28. The Balaban J connectivity index is 2.36. The summed E-state index contributed by atoms with van der Waals surface area (Å²) in [6.45, 7) is 0.541. The van der Waals surface area contributed by atoms with Crippen LogP contribution in [0.2, 0.25) is 0 Å². The highest BCUT2D eigenvalue weighted by molar-refractivity contribution is 7.89. The number of nitrogen functional groups attached to an aromatic ring is 1. The average Bonchev–Trinajstić information content (AvgIpc) is 2.47.